The first-order valence-corrected chi connectivity index (χ1v) is 10.5. The summed E-state index contributed by atoms with van der Waals surface area (Å²) in [6.07, 6.45) is 1.58. The van der Waals surface area contributed by atoms with E-state index in [9.17, 15) is 8.42 Å². The summed E-state index contributed by atoms with van der Waals surface area (Å²) in [7, 11) is -3.44. The minimum absolute atomic E-state index is 0.343. The van der Waals surface area contributed by atoms with Gasteiger partial charge in [-0.15, -0.1) is 0 Å². The number of benzene rings is 1. The molecule has 9 heteroatoms. The molecule has 0 saturated carbocycles. The van der Waals surface area contributed by atoms with Crippen LogP contribution in [-0.2, 0) is 14.8 Å². The maximum Gasteiger partial charge on any atom is 0.243 e. The first kappa shape index (κ1) is 18.1. The molecule has 0 bridgehead atoms. The van der Waals surface area contributed by atoms with E-state index < -0.39 is 10.0 Å². The van der Waals surface area contributed by atoms with Crippen LogP contribution in [0.5, 0.6) is 0 Å². The van der Waals surface area contributed by atoms with Crippen LogP contribution in [0.2, 0.25) is 0 Å². The molecule has 0 radical (unpaired) electrons. The number of anilines is 2. The quantitative estimate of drug-likeness (QED) is 0.766. The van der Waals surface area contributed by atoms with Gasteiger partial charge in [-0.3, -0.25) is 0 Å². The topological polar surface area (TPSA) is 78.9 Å². The smallest absolute Gasteiger partial charge is 0.243 e. The largest absolute Gasteiger partial charge is 0.378 e. The fourth-order valence-corrected chi connectivity index (χ4v) is 4.82. The summed E-state index contributed by atoms with van der Waals surface area (Å²) in [5.74, 6) is 1.73. The summed E-state index contributed by atoms with van der Waals surface area (Å²) in [5.41, 5.74) is 0. The van der Waals surface area contributed by atoms with Crippen LogP contribution in [0, 0.1) is 0 Å². The molecule has 0 N–H and O–H groups in total. The van der Waals surface area contributed by atoms with Crippen LogP contribution in [0.4, 0.5) is 11.6 Å². The monoisotopic (exact) mass is 389 g/mol. The fourth-order valence-electron chi connectivity index (χ4n) is 3.37. The zero-order valence-electron chi connectivity index (χ0n) is 15.1. The summed E-state index contributed by atoms with van der Waals surface area (Å²) in [4.78, 5) is 13.4. The second-order valence-electron chi connectivity index (χ2n) is 6.54. The minimum atomic E-state index is -3.44. The molecule has 3 heterocycles. The molecular weight excluding hydrogens is 366 g/mol. The Hall–Kier alpha value is -2.23. The van der Waals surface area contributed by atoms with Gasteiger partial charge < -0.3 is 14.5 Å². The van der Waals surface area contributed by atoms with Crippen molar-refractivity contribution in [3.63, 3.8) is 0 Å². The van der Waals surface area contributed by atoms with E-state index >= 15 is 0 Å². The molecule has 0 spiro atoms. The van der Waals surface area contributed by atoms with Crippen molar-refractivity contribution in [1.82, 2.24) is 14.3 Å². The summed E-state index contributed by atoms with van der Waals surface area (Å²) in [6, 6.07) is 10.6. The Morgan fingerprint density at radius 3 is 2.04 bits per heavy atom. The number of aromatic nitrogens is 2. The van der Waals surface area contributed by atoms with E-state index in [1.807, 2.05) is 12.1 Å². The van der Waals surface area contributed by atoms with Gasteiger partial charge in [-0.25, -0.2) is 18.4 Å². The first-order valence-electron chi connectivity index (χ1n) is 9.09. The third-order valence-corrected chi connectivity index (χ3v) is 6.83. The molecule has 4 rings (SSSR count). The lowest BCUT2D eigenvalue weighted by molar-refractivity contribution is 0.122. The first-order chi connectivity index (χ1) is 13.1. The fraction of sp³-hybridized carbons (Fsp3) is 0.444. The molecule has 1 aromatic heterocycles. The second kappa shape index (κ2) is 7.79. The third kappa shape index (κ3) is 3.90. The van der Waals surface area contributed by atoms with Gasteiger partial charge >= 0.3 is 0 Å². The van der Waals surface area contributed by atoms with Crippen molar-refractivity contribution in [3.05, 3.63) is 42.7 Å². The Morgan fingerprint density at radius 2 is 1.41 bits per heavy atom. The Labute approximate surface area is 159 Å². The Balaban J connectivity index is 1.44. The van der Waals surface area contributed by atoms with Crippen molar-refractivity contribution < 1.29 is 13.2 Å². The van der Waals surface area contributed by atoms with Crippen LogP contribution < -0.4 is 9.80 Å². The van der Waals surface area contributed by atoms with E-state index in [1.165, 1.54) is 0 Å². The predicted octanol–water partition coefficient (Wildman–Crippen LogP) is 0.824. The molecule has 8 nitrogen and oxygen atoms in total. The number of morpholine rings is 1. The predicted molar refractivity (Wildman–Crippen MR) is 102 cm³/mol. The van der Waals surface area contributed by atoms with Crippen LogP contribution in [0.3, 0.4) is 0 Å². The third-order valence-electron chi connectivity index (χ3n) is 4.92. The highest BCUT2D eigenvalue weighted by atomic mass is 32.2. The Bertz CT molecular complexity index is 864. The molecular formula is C18H23N5O3S. The summed E-state index contributed by atoms with van der Waals surface area (Å²) >= 11 is 0. The average Bonchev–Trinajstić information content (AvgIpc) is 2.75. The maximum atomic E-state index is 12.8. The van der Waals surface area contributed by atoms with Crippen molar-refractivity contribution in [2.45, 2.75) is 4.90 Å². The molecule has 2 saturated heterocycles. The van der Waals surface area contributed by atoms with Gasteiger partial charge in [0.2, 0.25) is 10.0 Å². The van der Waals surface area contributed by atoms with Crippen LogP contribution in [0.1, 0.15) is 0 Å². The van der Waals surface area contributed by atoms with E-state index in [2.05, 4.69) is 19.8 Å². The molecule has 2 aliphatic rings. The highest BCUT2D eigenvalue weighted by molar-refractivity contribution is 7.89. The lowest BCUT2D eigenvalue weighted by Crippen LogP contribution is -2.49. The lowest BCUT2D eigenvalue weighted by Gasteiger charge is -2.35. The normalized spacial score (nSPS) is 19.3. The van der Waals surface area contributed by atoms with Crippen molar-refractivity contribution in [2.75, 3.05) is 62.3 Å². The average molecular weight is 389 g/mol. The number of hydrogen-bond donors (Lipinski definition) is 0. The van der Waals surface area contributed by atoms with Crippen LogP contribution >= 0.6 is 0 Å². The molecule has 0 unspecified atom stereocenters. The SMILES string of the molecule is O=S(=O)(c1ccccc1)N1CCN(c2cc(N3CCOCC3)ncn2)CC1. The number of nitrogens with zero attached hydrogens (tertiary/aromatic N) is 5. The number of ether oxygens (including phenoxy) is 1. The van der Waals surface area contributed by atoms with E-state index in [0.29, 0.717) is 44.3 Å². The second-order valence-corrected chi connectivity index (χ2v) is 8.48. The summed E-state index contributed by atoms with van der Waals surface area (Å²) in [5, 5.41) is 0. The molecule has 0 atom stereocenters. The van der Waals surface area contributed by atoms with Gasteiger partial charge in [0.05, 0.1) is 18.1 Å². The van der Waals surface area contributed by atoms with Crippen molar-refractivity contribution >= 4 is 21.7 Å². The standard InChI is InChI=1S/C18H23N5O3S/c24-27(25,16-4-2-1-3-5-16)23-8-6-21(7-9-23)17-14-18(20-15-19-17)22-10-12-26-13-11-22/h1-5,14-15H,6-13H2. The number of piperazine rings is 1. The molecule has 2 aromatic rings. The summed E-state index contributed by atoms with van der Waals surface area (Å²) < 4.78 is 32.4. The number of rotatable bonds is 4. The van der Waals surface area contributed by atoms with Gasteiger partial charge in [0.15, 0.2) is 0 Å². The van der Waals surface area contributed by atoms with E-state index in [-0.39, 0.29) is 0 Å². The zero-order valence-corrected chi connectivity index (χ0v) is 15.9. The maximum absolute atomic E-state index is 12.8. The number of sulfonamides is 1. The van der Waals surface area contributed by atoms with Gasteiger partial charge in [0.1, 0.15) is 18.0 Å². The van der Waals surface area contributed by atoms with Gasteiger partial charge in [-0.1, -0.05) is 18.2 Å². The molecule has 1 aromatic carbocycles. The zero-order chi connectivity index (χ0) is 18.7. The molecule has 2 aliphatic heterocycles. The molecule has 144 valence electrons. The van der Waals surface area contributed by atoms with E-state index in [4.69, 9.17) is 4.74 Å². The Morgan fingerprint density at radius 1 is 0.815 bits per heavy atom. The highest BCUT2D eigenvalue weighted by Gasteiger charge is 2.29. The lowest BCUT2D eigenvalue weighted by atomic mass is 10.3. The van der Waals surface area contributed by atoms with Crippen LogP contribution in [0.25, 0.3) is 0 Å². The van der Waals surface area contributed by atoms with Crippen molar-refractivity contribution in [2.24, 2.45) is 0 Å². The van der Waals surface area contributed by atoms with E-state index in [1.54, 1.807) is 34.9 Å². The molecule has 0 amide bonds. The molecule has 0 aliphatic carbocycles. The molecule has 27 heavy (non-hydrogen) atoms. The Kier molecular flexibility index (Phi) is 5.24. The summed E-state index contributed by atoms with van der Waals surface area (Å²) in [6.45, 7) is 5.13. The van der Waals surface area contributed by atoms with E-state index in [0.717, 1.165) is 24.7 Å². The van der Waals surface area contributed by atoms with Crippen molar-refractivity contribution in [1.29, 1.82) is 0 Å². The highest BCUT2D eigenvalue weighted by Crippen LogP contribution is 2.22. The van der Waals surface area contributed by atoms with Crippen LogP contribution in [0.15, 0.2) is 47.6 Å². The van der Waals surface area contributed by atoms with Crippen LogP contribution in [-0.4, -0.2) is 75.2 Å². The minimum Gasteiger partial charge on any atom is -0.378 e. The molecule has 2 fully saturated rings. The van der Waals surface area contributed by atoms with Gasteiger partial charge in [0.25, 0.3) is 0 Å². The van der Waals surface area contributed by atoms with Gasteiger partial charge in [-0.2, -0.15) is 4.31 Å². The van der Waals surface area contributed by atoms with Gasteiger partial charge in [-0.05, 0) is 12.1 Å². The van der Waals surface area contributed by atoms with Crippen molar-refractivity contribution in [3.8, 4) is 0 Å². The van der Waals surface area contributed by atoms with Gasteiger partial charge in [0, 0.05) is 45.3 Å². The number of hydrogen-bond acceptors (Lipinski definition) is 7.